The number of hydrogen-bond donors (Lipinski definition) is 2. The second-order valence-corrected chi connectivity index (χ2v) is 6.46. The summed E-state index contributed by atoms with van der Waals surface area (Å²) in [5.41, 5.74) is 12.0. The van der Waals surface area contributed by atoms with Crippen molar-refractivity contribution in [2.45, 2.75) is 13.1 Å². The highest BCUT2D eigenvalue weighted by Gasteiger charge is 2.35. The summed E-state index contributed by atoms with van der Waals surface area (Å²) in [7, 11) is 0. The molecule has 2 aromatic rings. The zero-order valence-electron chi connectivity index (χ0n) is 12.4. The lowest BCUT2D eigenvalue weighted by molar-refractivity contribution is 0.236. The zero-order valence-corrected chi connectivity index (χ0v) is 14.0. The van der Waals surface area contributed by atoms with Crippen LogP contribution in [0, 0.1) is 0 Å². The minimum absolute atomic E-state index is 0.451. The molecule has 2 aliphatic rings. The summed E-state index contributed by atoms with van der Waals surface area (Å²) in [4.78, 5) is 4.71. The number of amidine groups is 1. The van der Waals surface area contributed by atoms with Crippen molar-refractivity contribution in [3.63, 3.8) is 0 Å². The quantitative estimate of drug-likeness (QED) is 0.877. The molecule has 23 heavy (non-hydrogen) atoms. The van der Waals surface area contributed by atoms with E-state index in [9.17, 15) is 0 Å². The monoisotopic (exact) mass is 346 g/mol. The number of hydrazine groups is 2. The SMILES string of the molecule is CCN1N=C2C(c3ccccc3Cl)=NC(N)c3ccsc3N2N1. The van der Waals surface area contributed by atoms with Crippen LogP contribution in [0.2, 0.25) is 5.02 Å². The number of nitrogens with one attached hydrogen (secondary N) is 1. The lowest BCUT2D eigenvalue weighted by Crippen LogP contribution is -2.45. The predicted molar refractivity (Wildman–Crippen MR) is 94.7 cm³/mol. The van der Waals surface area contributed by atoms with Gasteiger partial charge in [0, 0.05) is 11.1 Å². The van der Waals surface area contributed by atoms with Crippen LogP contribution in [0.3, 0.4) is 0 Å². The van der Waals surface area contributed by atoms with Crippen LogP contribution in [0.1, 0.15) is 24.2 Å². The Morgan fingerprint density at radius 2 is 2.17 bits per heavy atom. The Bertz CT molecular complexity index is 814. The van der Waals surface area contributed by atoms with Gasteiger partial charge in [-0.05, 0) is 24.4 Å². The van der Waals surface area contributed by atoms with Crippen LogP contribution in [-0.4, -0.2) is 23.2 Å². The van der Waals surface area contributed by atoms with Gasteiger partial charge in [0.2, 0.25) is 0 Å². The van der Waals surface area contributed by atoms with Crippen molar-refractivity contribution in [1.82, 2.24) is 10.7 Å². The number of nitrogens with two attached hydrogens (primary N) is 1. The fraction of sp³-hybridized carbons (Fsp3) is 0.200. The second kappa shape index (κ2) is 5.61. The van der Waals surface area contributed by atoms with Gasteiger partial charge in [-0.1, -0.05) is 29.8 Å². The van der Waals surface area contributed by atoms with Gasteiger partial charge >= 0.3 is 0 Å². The Balaban J connectivity index is 1.92. The maximum absolute atomic E-state index is 6.38. The number of nitrogens with zero attached hydrogens (tertiary/aromatic N) is 4. The van der Waals surface area contributed by atoms with Gasteiger partial charge in [-0.15, -0.1) is 22.0 Å². The molecule has 0 amide bonds. The molecule has 2 aliphatic heterocycles. The molecule has 118 valence electrons. The van der Waals surface area contributed by atoms with Crippen LogP contribution in [0.25, 0.3) is 0 Å². The molecule has 3 heterocycles. The molecule has 1 unspecified atom stereocenters. The predicted octanol–water partition coefficient (Wildman–Crippen LogP) is 2.74. The molecule has 4 rings (SSSR count). The van der Waals surface area contributed by atoms with Gasteiger partial charge in [0.15, 0.2) is 5.84 Å². The number of thiophene rings is 1. The molecule has 1 aromatic carbocycles. The lowest BCUT2D eigenvalue weighted by atomic mass is 10.1. The summed E-state index contributed by atoms with van der Waals surface area (Å²) in [5.74, 6) is 0.705. The Labute approximate surface area is 142 Å². The Kier molecular flexibility index (Phi) is 3.57. The maximum Gasteiger partial charge on any atom is 0.197 e. The van der Waals surface area contributed by atoms with Crippen molar-refractivity contribution in [1.29, 1.82) is 0 Å². The van der Waals surface area contributed by atoms with E-state index in [0.29, 0.717) is 16.6 Å². The van der Waals surface area contributed by atoms with Gasteiger partial charge in [-0.3, -0.25) is 4.99 Å². The van der Waals surface area contributed by atoms with E-state index in [0.717, 1.165) is 22.7 Å². The van der Waals surface area contributed by atoms with Gasteiger partial charge < -0.3 is 5.73 Å². The molecule has 0 bridgehead atoms. The van der Waals surface area contributed by atoms with Gasteiger partial charge in [0.25, 0.3) is 0 Å². The van der Waals surface area contributed by atoms with Gasteiger partial charge in [0.1, 0.15) is 16.9 Å². The van der Waals surface area contributed by atoms with Crippen molar-refractivity contribution in [3.8, 4) is 0 Å². The number of aliphatic imine (C=N–C) groups is 1. The van der Waals surface area contributed by atoms with Crippen LogP contribution in [0.15, 0.2) is 45.8 Å². The molecule has 0 saturated heterocycles. The summed E-state index contributed by atoms with van der Waals surface area (Å²) in [5, 5.41) is 12.0. The summed E-state index contributed by atoms with van der Waals surface area (Å²) in [6.07, 6.45) is -0.451. The summed E-state index contributed by atoms with van der Waals surface area (Å²) >= 11 is 7.98. The molecular weight excluding hydrogens is 332 g/mol. The first kappa shape index (κ1) is 14.6. The fourth-order valence-electron chi connectivity index (χ4n) is 2.61. The Morgan fingerprint density at radius 1 is 1.35 bits per heavy atom. The van der Waals surface area contributed by atoms with Crippen LogP contribution in [-0.2, 0) is 0 Å². The molecule has 0 aliphatic carbocycles. The van der Waals surface area contributed by atoms with E-state index in [1.165, 1.54) is 0 Å². The highest BCUT2D eigenvalue weighted by molar-refractivity contribution is 7.14. The third-order valence-electron chi connectivity index (χ3n) is 3.75. The molecule has 6 nitrogen and oxygen atoms in total. The lowest BCUT2D eigenvalue weighted by Gasteiger charge is -2.20. The van der Waals surface area contributed by atoms with Crippen molar-refractivity contribution in [3.05, 3.63) is 51.9 Å². The van der Waals surface area contributed by atoms with E-state index in [1.807, 2.05) is 47.6 Å². The van der Waals surface area contributed by atoms with Crippen molar-refractivity contribution < 1.29 is 0 Å². The van der Waals surface area contributed by atoms with Gasteiger partial charge in [-0.25, -0.2) is 10.1 Å². The van der Waals surface area contributed by atoms with Gasteiger partial charge in [0.05, 0.1) is 11.6 Å². The minimum atomic E-state index is -0.451. The average molecular weight is 347 g/mol. The van der Waals surface area contributed by atoms with Crippen LogP contribution >= 0.6 is 22.9 Å². The van der Waals surface area contributed by atoms with Crippen molar-refractivity contribution >= 4 is 39.5 Å². The highest BCUT2D eigenvalue weighted by Crippen LogP contribution is 2.36. The van der Waals surface area contributed by atoms with Crippen LogP contribution in [0.5, 0.6) is 0 Å². The van der Waals surface area contributed by atoms with Gasteiger partial charge in [-0.2, -0.15) is 0 Å². The molecule has 1 atom stereocenters. The van der Waals surface area contributed by atoms with Crippen molar-refractivity contribution in [2.24, 2.45) is 15.8 Å². The molecule has 0 radical (unpaired) electrons. The molecule has 8 heteroatoms. The van der Waals surface area contributed by atoms with E-state index in [-0.39, 0.29) is 0 Å². The van der Waals surface area contributed by atoms with E-state index >= 15 is 0 Å². The first-order valence-electron chi connectivity index (χ1n) is 7.27. The number of hydrogen-bond acceptors (Lipinski definition) is 7. The van der Waals surface area contributed by atoms with Crippen LogP contribution in [0.4, 0.5) is 5.00 Å². The normalized spacial score (nSPS) is 19.9. The largest absolute Gasteiger partial charge is 0.306 e. The summed E-state index contributed by atoms with van der Waals surface area (Å²) in [6.45, 7) is 2.75. The number of halogens is 1. The maximum atomic E-state index is 6.38. The third kappa shape index (κ3) is 2.33. The highest BCUT2D eigenvalue weighted by atomic mass is 35.5. The Morgan fingerprint density at radius 3 is 2.96 bits per heavy atom. The van der Waals surface area contributed by atoms with E-state index in [1.54, 1.807) is 16.5 Å². The zero-order chi connectivity index (χ0) is 16.0. The van der Waals surface area contributed by atoms with E-state index in [2.05, 4.69) is 10.6 Å². The summed E-state index contributed by atoms with van der Waals surface area (Å²) < 4.78 is 0. The molecule has 1 aromatic heterocycles. The van der Waals surface area contributed by atoms with E-state index < -0.39 is 6.17 Å². The smallest absolute Gasteiger partial charge is 0.197 e. The molecule has 0 saturated carbocycles. The Hall–Kier alpha value is -1.93. The molecular formula is C15H15ClN6S. The fourth-order valence-corrected chi connectivity index (χ4v) is 3.73. The minimum Gasteiger partial charge on any atom is -0.306 e. The average Bonchev–Trinajstić information content (AvgIpc) is 3.17. The molecule has 0 spiro atoms. The molecule has 0 fully saturated rings. The number of rotatable bonds is 2. The first-order chi connectivity index (χ1) is 11.2. The molecule has 3 N–H and O–H groups in total. The third-order valence-corrected chi connectivity index (χ3v) is 4.99. The number of anilines is 1. The van der Waals surface area contributed by atoms with Crippen molar-refractivity contribution in [2.75, 3.05) is 11.6 Å². The topological polar surface area (TPSA) is 69.2 Å². The number of hydrazone groups is 1. The summed E-state index contributed by atoms with van der Waals surface area (Å²) in [6, 6.07) is 9.60. The van der Waals surface area contributed by atoms with Crippen LogP contribution < -0.4 is 16.3 Å². The van der Waals surface area contributed by atoms with E-state index in [4.69, 9.17) is 22.3 Å². The second-order valence-electron chi connectivity index (χ2n) is 5.16. The standard InChI is InChI=1S/C15H15ClN6S/c1-2-21-19-14-12(9-5-3-4-6-11(9)16)18-13(17)10-7-8-23-15(10)22(14)20-21/h3-8,13,20H,2,17H2,1H3. The number of benzene rings is 1. The first-order valence-corrected chi connectivity index (χ1v) is 8.53. The number of fused-ring (bicyclic) bond motifs is 3.